The Balaban J connectivity index is 6.64. The summed E-state index contributed by atoms with van der Waals surface area (Å²) in [5, 5.41) is 0. The monoisotopic (exact) mass is 556 g/mol. The van der Waals surface area contributed by atoms with Crippen LogP contribution in [0.25, 0.3) is 0 Å². The standard InChI is InChI=1S/3C4H6F3O.C4H7.Sn/c3*1-3(2,8)4(5,6)7;1-4(2)3;/h3*1-2H3;1-2H2,3H3;/q3*-1;;+3. The quantitative estimate of drug-likeness (QED) is 0.193. The molecule has 3 nitrogen and oxygen atoms in total. The molecule has 0 aliphatic carbocycles. The Bertz CT molecular complexity index is 521. The maximum absolute atomic E-state index is 13.4. The predicted molar refractivity (Wildman–Crippen MR) is 89.0 cm³/mol. The molecule has 13 heteroatoms. The van der Waals surface area contributed by atoms with Crippen molar-refractivity contribution in [2.45, 2.75) is 88.2 Å². The third-order valence-electron chi connectivity index (χ3n) is 3.80. The Morgan fingerprint density at radius 2 is 0.828 bits per heavy atom. The molecule has 0 atom stereocenters. The van der Waals surface area contributed by atoms with Crippen LogP contribution in [0.15, 0.2) is 12.2 Å². The number of hydrogen-bond donors (Lipinski definition) is 0. The molecule has 0 saturated carbocycles. The first-order valence-electron chi connectivity index (χ1n) is 8.24. The van der Waals surface area contributed by atoms with Crippen LogP contribution < -0.4 is 0 Å². The fraction of sp³-hybridized carbons (Fsp3) is 0.875. The van der Waals surface area contributed by atoms with Crippen LogP contribution in [0.1, 0.15) is 48.5 Å². The number of allylic oxidation sites excluding steroid dienone is 1. The van der Waals surface area contributed by atoms with E-state index in [4.69, 9.17) is 9.22 Å². The molecule has 0 aromatic rings. The molecule has 0 heterocycles. The minimum absolute atomic E-state index is 0.0466. The van der Waals surface area contributed by atoms with Crippen molar-refractivity contribution in [3.8, 4) is 0 Å². The molecule has 29 heavy (non-hydrogen) atoms. The summed E-state index contributed by atoms with van der Waals surface area (Å²) in [7, 11) is 0. The summed E-state index contributed by atoms with van der Waals surface area (Å²) in [6.45, 7) is 7.46. The predicted octanol–water partition coefficient (Wildman–Crippen LogP) is 6.57. The van der Waals surface area contributed by atoms with E-state index in [1.165, 1.54) is 6.92 Å². The molecule has 174 valence electrons. The van der Waals surface area contributed by atoms with Crippen LogP contribution in [0.2, 0.25) is 4.44 Å². The average molecular weight is 555 g/mol. The van der Waals surface area contributed by atoms with E-state index in [1.807, 2.05) is 0 Å². The molecule has 0 spiro atoms. The van der Waals surface area contributed by atoms with Gasteiger partial charge in [-0.1, -0.05) is 0 Å². The molecule has 0 N–H and O–H groups in total. The van der Waals surface area contributed by atoms with Gasteiger partial charge >= 0.3 is 169 Å². The molecular weight excluding hydrogens is 530 g/mol. The van der Waals surface area contributed by atoms with Crippen LogP contribution in [0.4, 0.5) is 39.5 Å². The first kappa shape index (κ1) is 28.8. The van der Waals surface area contributed by atoms with Gasteiger partial charge in [-0.05, 0) is 0 Å². The van der Waals surface area contributed by atoms with E-state index in [-0.39, 0.29) is 5.57 Å². The second kappa shape index (κ2) is 8.38. The summed E-state index contributed by atoms with van der Waals surface area (Å²) in [5.41, 5.74) is -9.46. The van der Waals surface area contributed by atoms with Gasteiger partial charge < -0.3 is 0 Å². The Morgan fingerprint density at radius 1 is 0.621 bits per heavy atom. The number of rotatable bonds is 8. The van der Waals surface area contributed by atoms with Crippen LogP contribution in [0.5, 0.6) is 0 Å². The Labute approximate surface area is 169 Å². The normalized spacial score (nSPS) is 15.6. The van der Waals surface area contributed by atoms with E-state index in [9.17, 15) is 39.5 Å². The number of alkyl halides is 9. The molecule has 0 radical (unpaired) electrons. The summed E-state index contributed by atoms with van der Waals surface area (Å²) in [6, 6.07) is 0. The van der Waals surface area contributed by atoms with Gasteiger partial charge in [-0.15, -0.1) is 0 Å². The molecule has 0 aromatic heterocycles. The van der Waals surface area contributed by atoms with Crippen LogP contribution in [0.3, 0.4) is 0 Å². The molecule has 0 amide bonds. The number of hydrogen-bond acceptors (Lipinski definition) is 3. The second-order valence-electron chi connectivity index (χ2n) is 8.15. The van der Waals surface area contributed by atoms with Crippen molar-refractivity contribution in [1.29, 1.82) is 0 Å². The molecule has 0 saturated heterocycles. The zero-order valence-corrected chi connectivity index (χ0v) is 19.9. The zero-order valence-electron chi connectivity index (χ0n) is 17.0. The first-order chi connectivity index (χ1) is 12.3. The third kappa shape index (κ3) is 7.46. The maximum atomic E-state index is 13.4. The first-order valence-corrected chi connectivity index (χ1v) is 13.7. The van der Waals surface area contributed by atoms with Gasteiger partial charge in [-0.25, -0.2) is 0 Å². The molecule has 0 aliphatic heterocycles. The average Bonchev–Trinajstić information content (AvgIpc) is 2.30. The summed E-state index contributed by atoms with van der Waals surface area (Å²) >= 11 is -6.35. The van der Waals surface area contributed by atoms with Crippen molar-refractivity contribution in [3.63, 3.8) is 0 Å². The summed E-state index contributed by atoms with van der Waals surface area (Å²) < 4.78 is 134. The van der Waals surface area contributed by atoms with Crippen LogP contribution in [-0.4, -0.2) is 55.0 Å². The number of halogens is 9. The minimum atomic E-state index is -6.35. The SMILES string of the molecule is C=C(C)[CH2][Sn]([O]C(C)(C)C(F)(F)F)([O]C(C)(C)C(F)(F)F)[O]C(C)(C)C(F)(F)F. The zero-order chi connectivity index (χ0) is 23.9. The topological polar surface area (TPSA) is 27.7 Å². The van der Waals surface area contributed by atoms with E-state index in [0.29, 0.717) is 41.5 Å². The fourth-order valence-corrected chi connectivity index (χ4v) is 12.6. The van der Waals surface area contributed by atoms with Gasteiger partial charge in [-0.2, -0.15) is 0 Å². The van der Waals surface area contributed by atoms with Crippen molar-refractivity contribution >= 4 is 19.6 Å². The van der Waals surface area contributed by atoms with Gasteiger partial charge in [0.25, 0.3) is 0 Å². The van der Waals surface area contributed by atoms with Crippen LogP contribution in [0, 0.1) is 0 Å². The summed E-state index contributed by atoms with van der Waals surface area (Å²) in [6.07, 6.45) is -15.4. The Morgan fingerprint density at radius 3 is 0.966 bits per heavy atom. The van der Waals surface area contributed by atoms with Crippen molar-refractivity contribution in [2.24, 2.45) is 0 Å². The van der Waals surface area contributed by atoms with Gasteiger partial charge in [0.15, 0.2) is 0 Å². The van der Waals surface area contributed by atoms with Gasteiger partial charge in [0.2, 0.25) is 0 Å². The molecule has 0 aromatic carbocycles. The summed E-state index contributed by atoms with van der Waals surface area (Å²) in [4.78, 5) is 0. The molecule has 0 bridgehead atoms. The fourth-order valence-electron chi connectivity index (χ4n) is 1.88. The molecular formula is C16H25F9O3Sn. The molecule has 0 fully saturated rings. The third-order valence-corrected chi connectivity index (χ3v) is 13.8. The molecule has 0 rings (SSSR count). The van der Waals surface area contributed by atoms with E-state index in [2.05, 4.69) is 6.58 Å². The Kier molecular flexibility index (Phi) is 8.32. The van der Waals surface area contributed by atoms with Gasteiger partial charge in [-0.3, -0.25) is 0 Å². The van der Waals surface area contributed by atoms with Crippen molar-refractivity contribution in [1.82, 2.24) is 0 Å². The van der Waals surface area contributed by atoms with E-state index >= 15 is 0 Å². The van der Waals surface area contributed by atoms with E-state index < -0.39 is 59.4 Å². The van der Waals surface area contributed by atoms with Crippen LogP contribution >= 0.6 is 0 Å². The van der Waals surface area contributed by atoms with Gasteiger partial charge in [0.05, 0.1) is 0 Å². The van der Waals surface area contributed by atoms with Crippen LogP contribution in [-0.2, 0) is 9.22 Å². The van der Waals surface area contributed by atoms with Crippen molar-refractivity contribution in [3.05, 3.63) is 12.2 Å². The van der Waals surface area contributed by atoms with Crippen molar-refractivity contribution < 1.29 is 48.7 Å². The van der Waals surface area contributed by atoms with Crippen molar-refractivity contribution in [2.75, 3.05) is 0 Å². The second-order valence-corrected chi connectivity index (χ2v) is 14.8. The van der Waals surface area contributed by atoms with E-state index in [0.717, 1.165) is 0 Å². The summed E-state index contributed by atoms with van der Waals surface area (Å²) in [5.74, 6) is 0. The molecule has 0 unspecified atom stereocenters. The molecule has 0 aliphatic rings. The van der Waals surface area contributed by atoms with E-state index in [1.54, 1.807) is 0 Å². The van der Waals surface area contributed by atoms with Gasteiger partial charge in [0, 0.05) is 0 Å². The van der Waals surface area contributed by atoms with Gasteiger partial charge in [0.1, 0.15) is 0 Å². The Hall–Kier alpha value is -0.211.